The first kappa shape index (κ1) is 14.7. The average molecular weight is 282 g/mol. The Labute approximate surface area is 117 Å². The summed E-state index contributed by atoms with van der Waals surface area (Å²) in [5.41, 5.74) is 2.12. The summed E-state index contributed by atoms with van der Waals surface area (Å²) in [5, 5.41) is 0. The van der Waals surface area contributed by atoms with Crippen molar-refractivity contribution in [2.75, 3.05) is 18.6 Å². The first-order valence-electron chi connectivity index (χ1n) is 6.62. The fraction of sp³-hybridized carbons (Fsp3) is 0.538. The molecule has 0 spiro atoms. The lowest BCUT2D eigenvalue weighted by atomic mass is 10.1. The molecule has 0 saturated carbocycles. The Morgan fingerprint density at radius 3 is 3.10 bits per heavy atom. The van der Waals surface area contributed by atoms with Gasteiger partial charge in [0.05, 0.1) is 24.3 Å². The molecule has 2 heterocycles. The van der Waals surface area contributed by atoms with Gasteiger partial charge < -0.3 is 15.1 Å². The SMILES string of the molecule is CCC1COC(C)CN1C(=O)c1ccnc(NN)c1F. The summed E-state index contributed by atoms with van der Waals surface area (Å²) >= 11 is 0. The van der Waals surface area contributed by atoms with Crippen molar-refractivity contribution in [1.82, 2.24) is 9.88 Å². The zero-order valence-electron chi connectivity index (χ0n) is 11.6. The summed E-state index contributed by atoms with van der Waals surface area (Å²) < 4.78 is 19.7. The van der Waals surface area contributed by atoms with E-state index in [1.54, 1.807) is 4.90 Å². The molecular formula is C13H19FN4O2. The van der Waals surface area contributed by atoms with Crippen molar-refractivity contribution < 1.29 is 13.9 Å². The molecule has 1 aliphatic heterocycles. The summed E-state index contributed by atoms with van der Waals surface area (Å²) in [6, 6.07) is 1.33. The topological polar surface area (TPSA) is 80.5 Å². The maximum atomic E-state index is 14.1. The van der Waals surface area contributed by atoms with Crippen molar-refractivity contribution in [1.29, 1.82) is 0 Å². The number of aromatic nitrogens is 1. The molecular weight excluding hydrogens is 263 g/mol. The van der Waals surface area contributed by atoms with Crippen molar-refractivity contribution in [3.8, 4) is 0 Å². The van der Waals surface area contributed by atoms with Crippen molar-refractivity contribution >= 4 is 11.7 Å². The van der Waals surface area contributed by atoms with Gasteiger partial charge in [-0.05, 0) is 19.4 Å². The number of halogens is 1. The van der Waals surface area contributed by atoms with E-state index in [1.807, 2.05) is 13.8 Å². The van der Waals surface area contributed by atoms with Gasteiger partial charge in [0.2, 0.25) is 0 Å². The lowest BCUT2D eigenvalue weighted by Crippen LogP contribution is -2.51. The Morgan fingerprint density at radius 1 is 1.70 bits per heavy atom. The second kappa shape index (κ2) is 6.15. The summed E-state index contributed by atoms with van der Waals surface area (Å²) in [7, 11) is 0. The number of nitrogens with zero attached hydrogens (tertiary/aromatic N) is 2. The Kier molecular flexibility index (Phi) is 4.51. The van der Waals surface area contributed by atoms with Crippen molar-refractivity contribution in [3.05, 3.63) is 23.6 Å². The van der Waals surface area contributed by atoms with E-state index in [9.17, 15) is 9.18 Å². The molecule has 1 aliphatic rings. The number of morpholine rings is 1. The Balaban J connectivity index is 2.29. The van der Waals surface area contributed by atoms with Crippen LogP contribution in [0, 0.1) is 5.82 Å². The number of hydrogen-bond acceptors (Lipinski definition) is 5. The average Bonchev–Trinajstić information content (AvgIpc) is 2.46. The van der Waals surface area contributed by atoms with Crippen molar-refractivity contribution in [2.24, 2.45) is 5.84 Å². The Hall–Kier alpha value is -1.73. The Morgan fingerprint density at radius 2 is 2.45 bits per heavy atom. The molecule has 1 fully saturated rings. The van der Waals surface area contributed by atoms with Crippen molar-refractivity contribution in [3.63, 3.8) is 0 Å². The number of nitrogens with two attached hydrogens (primary N) is 1. The van der Waals surface area contributed by atoms with Gasteiger partial charge in [0.1, 0.15) is 0 Å². The minimum atomic E-state index is -0.728. The molecule has 2 unspecified atom stereocenters. The highest BCUT2D eigenvalue weighted by Crippen LogP contribution is 2.21. The first-order chi connectivity index (χ1) is 9.58. The minimum absolute atomic E-state index is 0.0273. The monoisotopic (exact) mass is 282 g/mol. The van der Waals surface area contributed by atoms with Crippen LogP contribution in [0.25, 0.3) is 0 Å². The second-order valence-corrected chi connectivity index (χ2v) is 4.83. The van der Waals surface area contributed by atoms with Crippen LogP contribution >= 0.6 is 0 Å². The second-order valence-electron chi connectivity index (χ2n) is 4.83. The van der Waals surface area contributed by atoms with E-state index in [1.165, 1.54) is 12.3 Å². The van der Waals surface area contributed by atoms with Crippen LogP contribution in [-0.2, 0) is 4.74 Å². The van der Waals surface area contributed by atoms with Gasteiger partial charge in [-0.25, -0.2) is 15.2 Å². The number of carbonyl (C=O) groups excluding carboxylic acids is 1. The van der Waals surface area contributed by atoms with Gasteiger partial charge in [-0.15, -0.1) is 0 Å². The lowest BCUT2D eigenvalue weighted by molar-refractivity contribution is -0.0445. The van der Waals surface area contributed by atoms with Crippen LogP contribution in [0.1, 0.15) is 30.6 Å². The third-order valence-electron chi connectivity index (χ3n) is 3.46. The molecule has 1 aromatic heterocycles. The summed E-state index contributed by atoms with van der Waals surface area (Å²) in [4.78, 5) is 17.9. The van der Waals surface area contributed by atoms with E-state index in [4.69, 9.17) is 10.6 Å². The molecule has 2 rings (SSSR count). The summed E-state index contributed by atoms with van der Waals surface area (Å²) in [6.07, 6.45) is 2.06. The summed E-state index contributed by atoms with van der Waals surface area (Å²) in [6.45, 7) is 4.78. The third-order valence-corrected chi connectivity index (χ3v) is 3.46. The van der Waals surface area contributed by atoms with Gasteiger partial charge in [0.25, 0.3) is 5.91 Å². The molecule has 1 saturated heterocycles. The van der Waals surface area contributed by atoms with Crippen LogP contribution in [0.3, 0.4) is 0 Å². The van der Waals surface area contributed by atoms with Crippen LogP contribution in [0.15, 0.2) is 12.3 Å². The summed E-state index contributed by atoms with van der Waals surface area (Å²) in [5.74, 6) is 3.96. The molecule has 6 nitrogen and oxygen atoms in total. The van der Waals surface area contributed by atoms with E-state index < -0.39 is 5.82 Å². The first-order valence-corrected chi connectivity index (χ1v) is 6.62. The predicted molar refractivity (Wildman–Crippen MR) is 72.5 cm³/mol. The number of nitrogen functional groups attached to an aromatic ring is 1. The number of pyridine rings is 1. The lowest BCUT2D eigenvalue weighted by Gasteiger charge is -2.38. The van der Waals surface area contributed by atoms with E-state index in [0.717, 1.165) is 6.42 Å². The molecule has 0 aromatic carbocycles. The number of hydrazine groups is 1. The zero-order valence-corrected chi connectivity index (χ0v) is 11.6. The highest BCUT2D eigenvalue weighted by Gasteiger charge is 2.31. The van der Waals surface area contributed by atoms with Crippen molar-refractivity contribution in [2.45, 2.75) is 32.4 Å². The minimum Gasteiger partial charge on any atom is -0.375 e. The van der Waals surface area contributed by atoms with E-state index >= 15 is 0 Å². The van der Waals surface area contributed by atoms with Gasteiger partial charge >= 0.3 is 0 Å². The van der Waals surface area contributed by atoms with Crippen LogP contribution in [0.2, 0.25) is 0 Å². The Bertz CT molecular complexity index is 497. The number of anilines is 1. The number of hydrogen-bond donors (Lipinski definition) is 2. The molecule has 20 heavy (non-hydrogen) atoms. The molecule has 0 bridgehead atoms. The third kappa shape index (κ3) is 2.73. The maximum Gasteiger partial charge on any atom is 0.257 e. The van der Waals surface area contributed by atoms with Crippen LogP contribution in [-0.4, -0.2) is 41.1 Å². The molecule has 2 atom stereocenters. The fourth-order valence-electron chi connectivity index (χ4n) is 2.30. The fourth-order valence-corrected chi connectivity index (χ4v) is 2.30. The van der Waals surface area contributed by atoms with Gasteiger partial charge in [0.15, 0.2) is 11.6 Å². The van der Waals surface area contributed by atoms with Gasteiger partial charge in [-0.1, -0.05) is 6.92 Å². The van der Waals surface area contributed by atoms with Gasteiger partial charge in [-0.2, -0.15) is 0 Å². The van der Waals surface area contributed by atoms with E-state index in [0.29, 0.717) is 13.2 Å². The number of carbonyl (C=O) groups is 1. The molecule has 1 amide bonds. The molecule has 1 aromatic rings. The number of nitrogens with one attached hydrogen (secondary N) is 1. The van der Waals surface area contributed by atoms with Crippen LogP contribution in [0.5, 0.6) is 0 Å². The maximum absolute atomic E-state index is 14.1. The predicted octanol–water partition coefficient (Wildman–Crippen LogP) is 1.15. The molecule has 110 valence electrons. The molecule has 0 radical (unpaired) electrons. The molecule has 3 N–H and O–H groups in total. The van der Waals surface area contributed by atoms with Gasteiger partial charge in [0, 0.05) is 12.7 Å². The number of ether oxygens (including phenoxy) is 1. The normalized spacial score (nSPS) is 22.7. The molecule has 7 heteroatoms. The number of rotatable bonds is 3. The number of amides is 1. The standard InChI is InChI=1S/C13H19FN4O2/c1-3-9-7-20-8(2)6-18(9)13(19)10-4-5-16-12(17-15)11(10)14/h4-5,8-9H,3,6-7,15H2,1-2H3,(H,16,17). The smallest absolute Gasteiger partial charge is 0.257 e. The van der Waals surface area contributed by atoms with E-state index in [-0.39, 0.29) is 29.4 Å². The highest BCUT2D eigenvalue weighted by molar-refractivity contribution is 5.95. The quantitative estimate of drug-likeness (QED) is 0.642. The van der Waals surface area contributed by atoms with Gasteiger partial charge in [-0.3, -0.25) is 4.79 Å². The zero-order chi connectivity index (χ0) is 14.7. The van der Waals surface area contributed by atoms with Crippen LogP contribution in [0.4, 0.5) is 10.2 Å². The van der Waals surface area contributed by atoms with E-state index in [2.05, 4.69) is 10.4 Å². The largest absolute Gasteiger partial charge is 0.375 e. The molecule has 0 aliphatic carbocycles. The highest BCUT2D eigenvalue weighted by atomic mass is 19.1. The van der Waals surface area contributed by atoms with Crippen LogP contribution < -0.4 is 11.3 Å².